The molecule has 1 aromatic carbocycles. The standard InChI is InChI=1S/C16H22N2O5/c1-11(13(19)18-16(2,3)14(20)22-4)17-15(21)23-10-12-8-6-5-7-9-12/h5-9,11H,10H2,1-4H3,(H,17,21)(H,18,19)/t11-/m0/s1. The Bertz CT molecular complexity index is 557. The monoisotopic (exact) mass is 322 g/mol. The molecule has 0 bridgehead atoms. The molecule has 2 N–H and O–H groups in total. The maximum absolute atomic E-state index is 12.0. The Morgan fingerprint density at radius 1 is 1.17 bits per heavy atom. The molecule has 23 heavy (non-hydrogen) atoms. The number of ether oxygens (including phenoxy) is 2. The largest absolute Gasteiger partial charge is 0.467 e. The number of hydrogen-bond donors (Lipinski definition) is 2. The number of methoxy groups -OCH3 is 1. The van der Waals surface area contributed by atoms with Gasteiger partial charge in [0.15, 0.2) is 0 Å². The summed E-state index contributed by atoms with van der Waals surface area (Å²) in [6.07, 6.45) is -0.715. The van der Waals surface area contributed by atoms with Crippen molar-refractivity contribution in [1.29, 1.82) is 0 Å². The molecule has 0 aliphatic heterocycles. The predicted molar refractivity (Wildman–Crippen MR) is 83.5 cm³/mol. The van der Waals surface area contributed by atoms with E-state index < -0.39 is 29.6 Å². The maximum Gasteiger partial charge on any atom is 0.408 e. The number of benzene rings is 1. The number of carbonyl (C=O) groups excluding carboxylic acids is 3. The smallest absolute Gasteiger partial charge is 0.408 e. The Morgan fingerprint density at radius 3 is 2.35 bits per heavy atom. The first-order chi connectivity index (χ1) is 10.8. The summed E-state index contributed by atoms with van der Waals surface area (Å²) in [7, 11) is 1.23. The molecule has 0 saturated heterocycles. The molecule has 7 nitrogen and oxygen atoms in total. The second kappa shape index (κ2) is 8.17. The lowest BCUT2D eigenvalue weighted by Crippen LogP contribution is -2.55. The number of hydrogen-bond acceptors (Lipinski definition) is 5. The lowest BCUT2D eigenvalue weighted by molar-refractivity contribution is -0.149. The molecule has 126 valence electrons. The van der Waals surface area contributed by atoms with E-state index in [1.165, 1.54) is 27.9 Å². The summed E-state index contributed by atoms with van der Waals surface area (Å²) in [5, 5.41) is 4.91. The van der Waals surface area contributed by atoms with Crippen molar-refractivity contribution in [2.24, 2.45) is 0 Å². The maximum atomic E-state index is 12.0. The van der Waals surface area contributed by atoms with E-state index in [0.717, 1.165) is 5.56 Å². The van der Waals surface area contributed by atoms with Crippen molar-refractivity contribution in [3.8, 4) is 0 Å². The van der Waals surface area contributed by atoms with Gasteiger partial charge in [0.2, 0.25) is 5.91 Å². The van der Waals surface area contributed by atoms with Gasteiger partial charge < -0.3 is 20.1 Å². The number of rotatable bonds is 6. The van der Waals surface area contributed by atoms with Crippen molar-refractivity contribution in [3.63, 3.8) is 0 Å². The van der Waals surface area contributed by atoms with Gasteiger partial charge in [0.05, 0.1) is 7.11 Å². The zero-order valence-electron chi connectivity index (χ0n) is 13.7. The topological polar surface area (TPSA) is 93.7 Å². The molecular weight excluding hydrogens is 300 g/mol. The third kappa shape index (κ3) is 5.98. The highest BCUT2D eigenvalue weighted by Crippen LogP contribution is 2.05. The van der Waals surface area contributed by atoms with E-state index in [-0.39, 0.29) is 6.61 Å². The van der Waals surface area contributed by atoms with E-state index in [0.29, 0.717) is 0 Å². The SMILES string of the molecule is COC(=O)C(C)(C)NC(=O)[C@H](C)NC(=O)OCc1ccccc1. The summed E-state index contributed by atoms with van der Waals surface area (Å²) in [6.45, 7) is 4.62. The summed E-state index contributed by atoms with van der Waals surface area (Å²) in [4.78, 5) is 35.2. The van der Waals surface area contributed by atoms with E-state index in [9.17, 15) is 14.4 Å². The zero-order valence-corrected chi connectivity index (χ0v) is 13.7. The van der Waals surface area contributed by atoms with Gasteiger partial charge in [-0.15, -0.1) is 0 Å². The molecule has 0 heterocycles. The molecule has 1 aromatic rings. The van der Waals surface area contributed by atoms with Crippen LogP contribution in [0.5, 0.6) is 0 Å². The molecule has 1 atom stereocenters. The Balaban J connectivity index is 2.45. The second-order valence-corrected chi connectivity index (χ2v) is 5.53. The minimum Gasteiger partial charge on any atom is -0.467 e. The van der Waals surface area contributed by atoms with Crippen molar-refractivity contribution in [2.75, 3.05) is 7.11 Å². The van der Waals surface area contributed by atoms with Crippen LogP contribution in [0.2, 0.25) is 0 Å². The van der Waals surface area contributed by atoms with Crippen molar-refractivity contribution in [2.45, 2.75) is 39.0 Å². The summed E-state index contributed by atoms with van der Waals surface area (Å²) in [5.74, 6) is -1.10. The molecule has 0 aliphatic carbocycles. The lowest BCUT2D eigenvalue weighted by Gasteiger charge is -2.25. The van der Waals surface area contributed by atoms with Crippen LogP contribution in [0.25, 0.3) is 0 Å². The molecule has 0 unspecified atom stereocenters. The molecule has 0 aliphatic rings. The molecule has 0 radical (unpaired) electrons. The Morgan fingerprint density at radius 2 is 1.78 bits per heavy atom. The quantitative estimate of drug-likeness (QED) is 0.772. The third-order valence-corrected chi connectivity index (χ3v) is 3.07. The van der Waals surface area contributed by atoms with Gasteiger partial charge in [0.1, 0.15) is 18.2 Å². The predicted octanol–water partition coefficient (Wildman–Crippen LogP) is 1.37. The van der Waals surface area contributed by atoms with Gasteiger partial charge in [0, 0.05) is 0 Å². The van der Waals surface area contributed by atoms with Gasteiger partial charge in [-0.1, -0.05) is 30.3 Å². The highest BCUT2D eigenvalue weighted by molar-refractivity contribution is 5.91. The minimum absolute atomic E-state index is 0.106. The van der Waals surface area contributed by atoms with Gasteiger partial charge in [0.25, 0.3) is 0 Å². The summed E-state index contributed by atoms with van der Waals surface area (Å²) >= 11 is 0. The highest BCUT2D eigenvalue weighted by Gasteiger charge is 2.32. The number of nitrogens with one attached hydrogen (secondary N) is 2. The van der Waals surface area contributed by atoms with Gasteiger partial charge in [-0.2, -0.15) is 0 Å². The highest BCUT2D eigenvalue weighted by atomic mass is 16.5. The molecular formula is C16H22N2O5. The fourth-order valence-corrected chi connectivity index (χ4v) is 1.73. The van der Waals surface area contributed by atoms with E-state index in [4.69, 9.17) is 4.74 Å². The van der Waals surface area contributed by atoms with Crippen LogP contribution < -0.4 is 10.6 Å². The summed E-state index contributed by atoms with van der Waals surface area (Å²) in [6, 6.07) is 8.31. The van der Waals surface area contributed by atoms with Crippen LogP contribution >= 0.6 is 0 Å². The van der Waals surface area contributed by atoms with Crippen LogP contribution in [0.1, 0.15) is 26.3 Å². The third-order valence-electron chi connectivity index (χ3n) is 3.07. The molecule has 0 fully saturated rings. The molecule has 7 heteroatoms. The molecule has 1 rings (SSSR count). The lowest BCUT2D eigenvalue weighted by atomic mass is 10.1. The first kappa shape index (κ1) is 18.5. The van der Waals surface area contributed by atoms with Gasteiger partial charge in [-0.3, -0.25) is 4.79 Å². The molecule has 2 amide bonds. The van der Waals surface area contributed by atoms with Crippen LogP contribution in [-0.2, 0) is 25.7 Å². The van der Waals surface area contributed by atoms with E-state index in [1.54, 1.807) is 0 Å². The number of amides is 2. The van der Waals surface area contributed by atoms with Crippen LogP contribution in [0.3, 0.4) is 0 Å². The number of esters is 1. The van der Waals surface area contributed by atoms with Crippen molar-refractivity contribution in [1.82, 2.24) is 10.6 Å². The summed E-state index contributed by atoms with van der Waals surface area (Å²) < 4.78 is 9.62. The van der Waals surface area contributed by atoms with Gasteiger partial charge in [-0.25, -0.2) is 9.59 Å². The Kier molecular flexibility index (Phi) is 6.56. The van der Waals surface area contributed by atoms with E-state index in [2.05, 4.69) is 15.4 Å². The average molecular weight is 322 g/mol. The van der Waals surface area contributed by atoms with Gasteiger partial charge in [-0.05, 0) is 26.3 Å². The fourth-order valence-electron chi connectivity index (χ4n) is 1.73. The van der Waals surface area contributed by atoms with Crippen LogP contribution in [0.4, 0.5) is 4.79 Å². The first-order valence-corrected chi connectivity index (χ1v) is 7.14. The van der Waals surface area contributed by atoms with Gasteiger partial charge >= 0.3 is 12.1 Å². The van der Waals surface area contributed by atoms with E-state index >= 15 is 0 Å². The average Bonchev–Trinajstić information content (AvgIpc) is 2.52. The van der Waals surface area contributed by atoms with Crippen LogP contribution in [0.15, 0.2) is 30.3 Å². The Hall–Kier alpha value is -2.57. The number of alkyl carbamates (subject to hydrolysis) is 1. The summed E-state index contributed by atoms with van der Waals surface area (Å²) in [5.41, 5.74) is -0.345. The first-order valence-electron chi connectivity index (χ1n) is 7.14. The van der Waals surface area contributed by atoms with Crippen LogP contribution in [0, 0.1) is 0 Å². The molecule has 0 aromatic heterocycles. The number of carbonyl (C=O) groups is 3. The van der Waals surface area contributed by atoms with Crippen molar-refractivity contribution < 1.29 is 23.9 Å². The second-order valence-electron chi connectivity index (χ2n) is 5.53. The molecule has 0 spiro atoms. The molecule has 0 saturated carbocycles. The minimum atomic E-state index is -1.18. The fraction of sp³-hybridized carbons (Fsp3) is 0.438. The normalized spacial score (nSPS) is 12.0. The van der Waals surface area contributed by atoms with Crippen LogP contribution in [-0.4, -0.2) is 36.7 Å². The van der Waals surface area contributed by atoms with E-state index in [1.807, 2.05) is 30.3 Å². The Labute approximate surface area is 135 Å². The van der Waals surface area contributed by atoms with Crippen molar-refractivity contribution >= 4 is 18.0 Å². The van der Waals surface area contributed by atoms with Crippen molar-refractivity contribution in [3.05, 3.63) is 35.9 Å². The zero-order chi connectivity index (χ0) is 17.5.